The van der Waals surface area contributed by atoms with E-state index >= 15 is 0 Å². The molecule has 3 rings (SSSR count). The van der Waals surface area contributed by atoms with E-state index in [0.29, 0.717) is 13.1 Å². The highest BCUT2D eigenvalue weighted by molar-refractivity contribution is 5.79. The van der Waals surface area contributed by atoms with Crippen molar-refractivity contribution in [1.82, 2.24) is 20.2 Å². The van der Waals surface area contributed by atoms with Gasteiger partial charge < -0.3 is 19.6 Å². The second kappa shape index (κ2) is 8.19. The molecule has 0 saturated carbocycles. The minimum absolute atomic E-state index is 0.604. The lowest BCUT2D eigenvalue weighted by atomic mass is 10.1. The van der Waals surface area contributed by atoms with Crippen LogP contribution in [0.4, 0.5) is 0 Å². The monoisotopic (exact) mass is 337 g/mol. The number of furan rings is 1. The first-order chi connectivity index (χ1) is 12.2. The van der Waals surface area contributed by atoms with Crippen LogP contribution < -0.4 is 10.6 Å². The van der Waals surface area contributed by atoms with Gasteiger partial charge in [0.25, 0.3) is 0 Å². The van der Waals surface area contributed by atoms with E-state index in [9.17, 15) is 0 Å². The number of benzene rings is 1. The number of imidazole rings is 1. The summed E-state index contributed by atoms with van der Waals surface area (Å²) in [6.07, 6.45) is 5.50. The summed E-state index contributed by atoms with van der Waals surface area (Å²) < 4.78 is 7.45. The van der Waals surface area contributed by atoms with E-state index in [1.165, 1.54) is 11.1 Å². The Balaban J connectivity index is 1.55. The lowest BCUT2D eigenvalue weighted by Gasteiger charge is -2.12. The smallest absolute Gasteiger partial charge is 0.191 e. The summed E-state index contributed by atoms with van der Waals surface area (Å²) in [5.41, 5.74) is 2.45. The summed E-state index contributed by atoms with van der Waals surface area (Å²) in [4.78, 5) is 8.50. The molecular formula is C19H23N5O. The molecule has 2 N–H and O–H groups in total. The Labute approximate surface area is 147 Å². The first kappa shape index (κ1) is 16.8. The maximum absolute atomic E-state index is 5.31. The largest absolute Gasteiger partial charge is 0.467 e. The van der Waals surface area contributed by atoms with Gasteiger partial charge in [0.05, 0.1) is 12.8 Å². The zero-order valence-electron chi connectivity index (χ0n) is 14.6. The van der Waals surface area contributed by atoms with Crippen LogP contribution in [0.5, 0.6) is 0 Å². The molecule has 3 aromatic rings. The van der Waals surface area contributed by atoms with Gasteiger partial charge in [0.15, 0.2) is 5.96 Å². The number of nitrogens with one attached hydrogen (secondary N) is 2. The van der Waals surface area contributed by atoms with E-state index in [1.807, 2.05) is 31.5 Å². The van der Waals surface area contributed by atoms with Crippen molar-refractivity contribution < 1.29 is 4.42 Å². The number of aryl methyl sites for hydroxylation is 1. The molecule has 2 heterocycles. The Kier molecular flexibility index (Phi) is 5.51. The van der Waals surface area contributed by atoms with Gasteiger partial charge in [-0.3, -0.25) is 4.99 Å². The fraction of sp³-hybridized carbons (Fsp3) is 0.263. The molecule has 1 aromatic carbocycles. The van der Waals surface area contributed by atoms with Crippen LogP contribution in [0, 0.1) is 6.92 Å². The summed E-state index contributed by atoms with van der Waals surface area (Å²) >= 11 is 0. The van der Waals surface area contributed by atoms with E-state index in [0.717, 1.165) is 24.1 Å². The summed E-state index contributed by atoms with van der Waals surface area (Å²) in [5.74, 6) is 2.64. The summed E-state index contributed by atoms with van der Waals surface area (Å²) in [7, 11) is 1.76. The van der Waals surface area contributed by atoms with Crippen molar-refractivity contribution in [1.29, 1.82) is 0 Å². The second-order valence-corrected chi connectivity index (χ2v) is 5.78. The molecule has 0 fully saturated rings. The first-order valence-corrected chi connectivity index (χ1v) is 8.27. The maximum Gasteiger partial charge on any atom is 0.191 e. The van der Waals surface area contributed by atoms with E-state index in [4.69, 9.17) is 4.42 Å². The molecule has 2 aromatic heterocycles. The Hall–Kier alpha value is -3.02. The van der Waals surface area contributed by atoms with Crippen molar-refractivity contribution >= 4 is 5.96 Å². The van der Waals surface area contributed by atoms with Gasteiger partial charge in [0, 0.05) is 32.5 Å². The number of hydrogen-bond donors (Lipinski definition) is 2. The normalized spacial score (nSPS) is 11.5. The van der Waals surface area contributed by atoms with Gasteiger partial charge in [0.1, 0.15) is 11.6 Å². The van der Waals surface area contributed by atoms with Crippen molar-refractivity contribution in [3.8, 4) is 0 Å². The Bertz CT molecular complexity index is 820. The van der Waals surface area contributed by atoms with Gasteiger partial charge in [-0.25, -0.2) is 4.98 Å². The third-order valence-electron chi connectivity index (χ3n) is 3.96. The third kappa shape index (κ3) is 4.73. The topological polar surface area (TPSA) is 67.4 Å². The predicted molar refractivity (Wildman–Crippen MR) is 98.3 cm³/mol. The molecule has 0 bridgehead atoms. The molecule has 0 amide bonds. The van der Waals surface area contributed by atoms with E-state index in [2.05, 4.69) is 49.4 Å². The average molecular weight is 337 g/mol. The number of guanidine groups is 1. The van der Waals surface area contributed by atoms with E-state index < -0.39 is 0 Å². The van der Waals surface area contributed by atoms with Crippen molar-refractivity contribution in [3.05, 3.63) is 77.8 Å². The van der Waals surface area contributed by atoms with Crippen LogP contribution in [0.3, 0.4) is 0 Å². The molecular weight excluding hydrogens is 314 g/mol. The molecule has 0 saturated heterocycles. The Morgan fingerprint density at radius 2 is 2.00 bits per heavy atom. The lowest BCUT2D eigenvalue weighted by Crippen LogP contribution is -2.36. The number of hydrogen-bond acceptors (Lipinski definition) is 3. The quantitative estimate of drug-likeness (QED) is 0.536. The molecule has 25 heavy (non-hydrogen) atoms. The number of aliphatic imine (C=N–C) groups is 1. The van der Waals surface area contributed by atoms with Crippen molar-refractivity contribution in [2.24, 2.45) is 4.99 Å². The van der Waals surface area contributed by atoms with Crippen molar-refractivity contribution in [2.45, 2.75) is 26.6 Å². The summed E-state index contributed by atoms with van der Waals surface area (Å²) in [6.45, 7) is 4.15. The van der Waals surface area contributed by atoms with Crippen molar-refractivity contribution in [2.75, 3.05) is 7.05 Å². The van der Waals surface area contributed by atoms with E-state index in [-0.39, 0.29) is 0 Å². The molecule has 0 atom stereocenters. The van der Waals surface area contributed by atoms with Gasteiger partial charge in [-0.05, 0) is 30.2 Å². The number of rotatable bonds is 6. The van der Waals surface area contributed by atoms with Gasteiger partial charge in [-0.1, -0.05) is 24.3 Å². The average Bonchev–Trinajstić information content (AvgIpc) is 3.28. The number of aromatic nitrogens is 2. The lowest BCUT2D eigenvalue weighted by molar-refractivity contribution is 0.501. The molecule has 130 valence electrons. The van der Waals surface area contributed by atoms with Crippen LogP contribution in [-0.4, -0.2) is 22.6 Å². The zero-order chi connectivity index (χ0) is 17.5. The fourth-order valence-corrected chi connectivity index (χ4v) is 2.60. The van der Waals surface area contributed by atoms with Gasteiger partial charge in [-0.2, -0.15) is 0 Å². The highest BCUT2D eigenvalue weighted by atomic mass is 16.3. The van der Waals surface area contributed by atoms with Gasteiger partial charge >= 0.3 is 0 Å². The second-order valence-electron chi connectivity index (χ2n) is 5.78. The first-order valence-electron chi connectivity index (χ1n) is 8.27. The van der Waals surface area contributed by atoms with Crippen LogP contribution in [-0.2, 0) is 19.6 Å². The van der Waals surface area contributed by atoms with Crippen LogP contribution >= 0.6 is 0 Å². The minimum Gasteiger partial charge on any atom is -0.467 e. The molecule has 0 unspecified atom stereocenters. The van der Waals surface area contributed by atoms with Crippen LogP contribution in [0.15, 0.2) is 64.5 Å². The fourth-order valence-electron chi connectivity index (χ4n) is 2.60. The molecule has 0 spiro atoms. The van der Waals surface area contributed by atoms with E-state index in [1.54, 1.807) is 13.3 Å². The molecule has 0 aliphatic heterocycles. The Morgan fingerprint density at radius 3 is 2.72 bits per heavy atom. The maximum atomic E-state index is 5.31. The van der Waals surface area contributed by atoms with Crippen LogP contribution in [0.2, 0.25) is 0 Å². The molecule has 0 aliphatic carbocycles. The molecule has 6 heteroatoms. The third-order valence-corrected chi connectivity index (χ3v) is 3.96. The zero-order valence-corrected chi connectivity index (χ0v) is 14.6. The molecule has 0 radical (unpaired) electrons. The highest BCUT2D eigenvalue weighted by Crippen LogP contribution is 2.09. The predicted octanol–water partition coefficient (Wildman–Crippen LogP) is 2.70. The van der Waals surface area contributed by atoms with Crippen molar-refractivity contribution in [3.63, 3.8) is 0 Å². The standard InChI is InChI=1S/C19H23N5O/c1-15-21-8-9-24(15)14-17-6-3-5-16(11-17)12-22-19(20-2)23-13-18-7-4-10-25-18/h3-11H,12-14H2,1-2H3,(H2,20,22,23). The van der Waals surface area contributed by atoms with Gasteiger partial charge in [0.2, 0.25) is 0 Å². The minimum atomic E-state index is 0.604. The number of nitrogens with zero attached hydrogens (tertiary/aromatic N) is 3. The Morgan fingerprint density at radius 1 is 1.16 bits per heavy atom. The van der Waals surface area contributed by atoms with Crippen LogP contribution in [0.25, 0.3) is 0 Å². The summed E-state index contributed by atoms with van der Waals surface area (Å²) in [5, 5.41) is 6.56. The van der Waals surface area contributed by atoms with Crippen LogP contribution in [0.1, 0.15) is 22.7 Å². The highest BCUT2D eigenvalue weighted by Gasteiger charge is 2.03. The SMILES string of the molecule is CN=C(NCc1cccc(Cn2ccnc2C)c1)NCc1ccco1. The molecule has 0 aliphatic rings. The summed E-state index contributed by atoms with van der Waals surface area (Å²) in [6, 6.07) is 12.3. The molecule has 6 nitrogen and oxygen atoms in total. The van der Waals surface area contributed by atoms with Gasteiger partial charge in [-0.15, -0.1) is 0 Å².